The molecule has 30 heavy (non-hydrogen) atoms. The maximum absolute atomic E-state index is 14.5. The largest absolute Gasteiger partial charge is 0.384 e. The number of aromatic nitrogens is 2. The van der Waals surface area contributed by atoms with Gasteiger partial charge in [0.05, 0.1) is 11.2 Å². The van der Waals surface area contributed by atoms with Crippen LogP contribution < -0.4 is 16.4 Å². The molecule has 2 aromatic heterocycles. The lowest BCUT2D eigenvalue weighted by molar-refractivity contribution is 0.251. The fourth-order valence-electron chi connectivity index (χ4n) is 3.62. The molecule has 2 amide bonds. The van der Waals surface area contributed by atoms with Gasteiger partial charge in [-0.05, 0) is 67.9 Å². The number of carbonyl (C=O) groups is 1. The molecule has 156 valence electrons. The third kappa shape index (κ3) is 4.20. The van der Waals surface area contributed by atoms with Crippen LogP contribution in [0.25, 0.3) is 22.0 Å². The number of halogens is 1. The number of anilines is 2. The fourth-order valence-corrected chi connectivity index (χ4v) is 3.62. The summed E-state index contributed by atoms with van der Waals surface area (Å²) in [5, 5.41) is 6.31. The van der Waals surface area contributed by atoms with Crippen molar-refractivity contribution in [3.8, 4) is 11.1 Å². The van der Waals surface area contributed by atoms with Crippen molar-refractivity contribution in [2.45, 2.75) is 40.0 Å². The van der Waals surface area contributed by atoms with Crippen molar-refractivity contribution in [3.05, 3.63) is 47.5 Å². The van der Waals surface area contributed by atoms with Crippen molar-refractivity contribution in [1.82, 2.24) is 15.3 Å². The number of pyridine rings is 2. The molecule has 3 aromatic rings. The third-order valence-corrected chi connectivity index (χ3v) is 5.88. The number of fused-ring (bicyclic) bond motifs is 1. The van der Waals surface area contributed by atoms with Crippen molar-refractivity contribution in [3.63, 3.8) is 0 Å². The summed E-state index contributed by atoms with van der Waals surface area (Å²) in [5.41, 5.74) is 10.2. The predicted octanol–water partition coefficient (Wildman–Crippen LogP) is 4.95. The normalized spacial score (nSPS) is 14.5. The summed E-state index contributed by atoms with van der Waals surface area (Å²) in [6.07, 6.45) is 5.01. The number of hydrogen-bond acceptors (Lipinski definition) is 4. The minimum Gasteiger partial charge on any atom is -0.384 e. The SMILES string of the molecule is Cc1cc(F)c(NC(=O)NCCC2(C)CC2)cc1-c1cc2cnc(N)cc2nc1C. The monoisotopic (exact) mass is 407 g/mol. The number of rotatable bonds is 5. The maximum atomic E-state index is 14.5. The van der Waals surface area contributed by atoms with Crippen LogP contribution in [-0.2, 0) is 0 Å². The van der Waals surface area contributed by atoms with E-state index in [1.165, 1.54) is 18.9 Å². The second kappa shape index (κ2) is 7.55. The molecular formula is C23H26FN5O. The molecular weight excluding hydrogens is 381 g/mol. The Balaban J connectivity index is 1.60. The zero-order valence-corrected chi connectivity index (χ0v) is 17.5. The molecule has 0 atom stereocenters. The number of nitrogens with zero attached hydrogens (tertiary/aromatic N) is 2. The Labute approximate surface area is 175 Å². The topological polar surface area (TPSA) is 92.9 Å². The standard InChI is InChI=1S/C23H26FN5O/c1-13-8-18(24)20(29-22(30)26-7-6-23(3)4-5-23)10-16(13)17-9-15-12-27-21(25)11-19(15)28-14(17)2/h8-12H,4-7H2,1-3H3,(H2,25,27)(H2,26,29,30). The molecule has 4 N–H and O–H groups in total. The summed E-state index contributed by atoms with van der Waals surface area (Å²) in [7, 11) is 0. The summed E-state index contributed by atoms with van der Waals surface area (Å²) in [4.78, 5) is 21.0. The van der Waals surface area contributed by atoms with Gasteiger partial charge in [0.2, 0.25) is 0 Å². The van der Waals surface area contributed by atoms with Gasteiger partial charge in [-0.25, -0.2) is 14.2 Å². The molecule has 1 fully saturated rings. The van der Waals surface area contributed by atoms with Crippen LogP contribution >= 0.6 is 0 Å². The predicted molar refractivity (Wildman–Crippen MR) is 118 cm³/mol. The minimum absolute atomic E-state index is 0.140. The number of amides is 2. The van der Waals surface area contributed by atoms with Crippen LogP contribution in [0.3, 0.4) is 0 Å². The Bertz CT molecular complexity index is 1140. The zero-order valence-electron chi connectivity index (χ0n) is 17.5. The highest BCUT2D eigenvalue weighted by Gasteiger charge is 2.36. The molecule has 0 spiro atoms. The number of nitrogens with two attached hydrogens (primary N) is 1. The van der Waals surface area contributed by atoms with Gasteiger partial charge in [0.25, 0.3) is 0 Å². The lowest BCUT2D eigenvalue weighted by atomic mass is 9.97. The van der Waals surface area contributed by atoms with Crippen molar-refractivity contribution in [2.24, 2.45) is 5.41 Å². The smallest absolute Gasteiger partial charge is 0.319 e. The minimum atomic E-state index is -0.471. The van der Waals surface area contributed by atoms with Crippen LogP contribution in [0.4, 0.5) is 20.7 Å². The quantitative estimate of drug-likeness (QED) is 0.558. The molecule has 6 nitrogen and oxygen atoms in total. The summed E-state index contributed by atoms with van der Waals surface area (Å²) in [6.45, 7) is 6.52. The van der Waals surface area contributed by atoms with Crippen molar-refractivity contribution in [2.75, 3.05) is 17.6 Å². The van der Waals surface area contributed by atoms with Crippen molar-refractivity contribution >= 4 is 28.4 Å². The molecule has 0 unspecified atom stereocenters. The van der Waals surface area contributed by atoms with E-state index in [1.54, 1.807) is 18.3 Å². The van der Waals surface area contributed by atoms with Crippen molar-refractivity contribution < 1.29 is 9.18 Å². The lowest BCUT2D eigenvalue weighted by Crippen LogP contribution is -2.30. The van der Waals surface area contributed by atoms with E-state index in [2.05, 4.69) is 27.5 Å². The average molecular weight is 407 g/mol. The van der Waals surface area contributed by atoms with Crippen molar-refractivity contribution in [1.29, 1.82) is 0 Å². The van der Waals surface area contributed by atoms with E-state index < -0.39 is 11.8 Å². The van der Waals surface area contributed by atoms with Gasteiger partial charge in [0, 0.05) is 35.5 Å². The van der Waals surface area contributed by atoms with Gasteiger partial charge in [-0.1, -0.05) is 6.92 Å². The number of aryl methyl sites for hydroxylation is 2. The second-order valence-electron chi connectivity index (χ2n) is 8.51. The maximum Gasteiger partial charge on any atom is 0.319 e. The summed E-state index contributed by atoms with van der Waals surface area (Å²) in [5.74, 6) is -0.0605. The number of carbonyl (C=O) groups excluding carboxylic acids is 1. The fraction of sp³-hybridized carbons (Fsp3) is 0.348. The van der Waals surface area contributed by atoms with Crippen LogP contribution in [-0.4, -0.2) is 22.5 Å². The summed E-state index contributed by atoms with van der Waals surface area (Å²) < 4.78 is 14.5. The second-order valence-corrected chi connectivity index (χ2v) is 8.51. The van der Waals surface area contributed by atoms with Gasteiger partial charge in [-0.15, -0.1) is 0 Å². The molecule has 1 saturated carbocycles. The molecule has 0 bridgehead atoms. The molecule has 1 aliphatic rings. The summed E-state index contributed by atoms with van der Waals surface area (Å²) >= 11 is 0. The molecule has 0 saturated heterocycles. The zero-order chi connectivity index (χ0) is 21.5. The molecule has 2 heterocycles. The Hall–Kier alpha value is -3.22. The Morgan fingerprint density at radius 1 is 1.20 bits per heavy atom. The molecule has 1 aromatic carbocycles. The first-order valence-electron chi connectivity index (χ1n) is 10.1. The van der Waals surface area contributed by atoms with Gasteiger partial charge in [-0.3, -0.25) is 4.98 Å². The summed E-state index contributed by atoms with van der Waals surface area (Å²) in [6, 6.07) is 6.38. The Morgan fingerprint density at radius 2 is 1.97 bits per heavy atom. The molecule has 0 aliphatic heterocycles. The third-order valence-electron chi connectivity index (χ3n) is 5.88. The van der Waals surface area contributed by atoms with Gasteiger partial charge < -0.3 is 16.4 Å². The van der Waals surface area contributed by atoms with Gasteiger partial charge in [0.1, 0.15) is 11.6 Å². The number of hydrogen-bond donors (Lipinski definition) is 3. The van der Waals surface area contributed by atoms with Crippen LogP contribution in [0.1, 0.15) is 37.4 Å². The van der Waals surface area contributed by atoms with E-state index in [1.807, 2.05) is 19.9 Å². The highest BCUT2D eigenvalue weighted by Crippen LogP contribution is 2.47. The average Bonchev–Trinajstić information content (AvgIpc) is 3.41. The highest BCUT2D eigenvalue weighted by atomic mass is 19.1. The first-order chi connectivity index (χ1) is 14.2. The van der Waals surface area contributed by atoms with Crippen LogP contribution in [0, 0.1) is 25.1 Å². The Morgan fingerprint density at radius 3 is 2.70 bits per heavy atom. The number of benzene rings is 1. The van der Waals surface area contributed by atoms with Gasteiger partial charge >= 0.3 is 6.03 Å². The van der Waals surface area contributed by atoms with E-state index >= 15 is 0 Å². The van der Waals surface area contributed by atoms with Crippen LogP contribution in [0.2, 0.25) is 0 Å². The van der Waals surface area contributed by atoms with Crippen LogP contribution in [0.5, 0.6) is 0 Å². The number of nitrogens with one attached hydrogen (secondary N) is 2. The van der Waals surface area contributed by atoms with E-state index in [0.29, 0.717) is 17.8 Å². The van der Waals surface area contributed by atoms with E-state index in [0.717, 1.165) is 39.7 Å². The first kappa shape index (κ1) is 20.1. The van der Waals surface area contributed by atoms with E-state index in [4.69, 9.17) is 5.73 Å². The Kier molecular flexibility index (Phi) is 5.05. The van der Waals surface area contributed by atoms with Gasteiger partial charge in [-0.2, -0.15) is 0 Å². The van der Waals surface area contributed by atoms with E-state index in [-0.39, 0.29) is 5.69 Å². The lowest BCUT2D eigenvalue weighted by Gasteiger charge is -2.15. The number of urea groups is 1. The van der Waals surface area contributed by atoms with Crippen LogP contribution in [0.15, 0.2) is 30.5 Å². The van der Waals surface area contributed by atoms with E-state index in [9.17, 15) is 9.18 Å². The molecule has 4 rings (SSSR count). The van der Waals surface area contributed by atoms with Gasteiger partial charge in [0.15, 0.2) is 0 Å². The first-order valence-corrected chi connectivity index (χ1v) is 10.1. The highest BCUT2D eigenvalue weighted by molar-refractivity contribution is 5.92. The molecule has 7 heteroatoms. The molecule has 0 radical (unpaired) electrons. The number of nitrogen functional groups attached to an aromatic ring is 1. The molecule has 1 aliphatic carbocycles.